The number of hydrogen-bond donors (Lipinski definition) is 2. The summed E-state index contributed by atoms with van der Waals surface area (Å²) in [6.07, 6.45) is -4.89. The quantitative estimate of drug-likeness (QED) is 0.813. The minimum atomic E-state index is -4.15. The van der Waals surface area contributed by atoms with Crippen LogP contribution < -0.4 is 5.32 Å². The van der Waals surface area contributed by atoms with Gasteiger partial charge in [0.1, 0.15) is 5.75 Å². The summed E-state index contributed by atoms with van der Waals surface area (Å²) in [5.74, 6) is 0.161. The van der Waals surface area contributed by atoms with E-state index in [1.54, 1.807) is 12.1 Å². The molecule has 1 aromatic carbocycles. The highest BCUT2D eigenvalue weighted by molar-refractivity contribution is 5.85. The zero-order valence-corrected chi connectivity index (χ0v) is 15.5. The SMILES string of the molecule is Cc1cc(O)cc(C)c1[C@@H](CCC(F)(F)F)N1CCNCC1.Cl.Cl. The number of benzene rings is 1. The van der Waals surface area contributed by atoms with Crippen LogP contribution in [-0.2, 0) is 0 Å². The van der Waals surface area contributed by atoms with Crippen LogP contribution in [-0.4, -0.2) is 42.4 Å². The third-order valence-electron chi connectivity index (χ3n) is 4.21. The lowest BCUT2D eigenvalue weighted by Gasteiger charge is -2.37. The van der Waals surface area contributed by atoms with Crippen LogP contribution in [0.25, 0.3) is 0 Å². The zero-order valence-electron chi connectivity index (χ0n) is 13.8. The molecule has 140 valence electrons. The highest BCUT2D eigenvalue weighted by atomic mass is 35.5. The van der Waals surface area contributed by atoms with Gasteiger partial charge in [-0.15, -0.1) is 24.8 Å². The lowest BCUT2D eigenvalue weighted by molar-refractivity contribution is -0.138. The van der Waals surface area contributed by atoms with Crippen molar-refractivity contribution in [2.24, 2.45) is 0 Å². The third kappa shape index (κ3) is 6.31. The molecule has 1 aliphatic rings. The molecule has 2 N–H and O–H groups in total. The molecular weight excluding hydrogens is 364 g/mol. The number of rotatable bonds is 4. The van der Waals surface area contributed by atoms with Crippen LogP contribution in [0.15, 0.2) is 12.1 Å². The van der Waals surface area contributed by atoms with Crippen molar-refractivity contribution in [1.82, 2.24) is 10.2 Å². The molecule has 1 fully saturated rings. The van der Waals surface area contributed by atoms with Crippen molar-refractivity contribution in [3.05, 3.63) is 28.8 Å². The highest BCUT2D eigenvalue weighted by Crippen LogP contribution is 2.36. The third-order valence-corrected chi connectivity index (χ3v) is 4.21. The molecule has 0 spiro atoms. The lowest BCUT2D eigenvalue weighted by atomic mass is 9.91. The second-order valence-corrected chi connectivity index (χ2v) is 5.95. The summed E-state index contributed by atoms with van der Waals surface area (Å²) < 4.78 is 38.1. The van der Waals surface area contributed by atoms with Gasteiger partial charge < -0.3 is 10.4 Å². The van der Waals surface area contributed by atoms with E-state index >= 15 is 0 Å². The number of piperazine rings is 1. The Morgan fingerprint density at radius 3 is 2.08 bits per heavy atom. The number of aryl methyl sites for hydroxylation is 2. The van der Waals surface area contributed by atoms with E-state index in [0.29, 0.717) is 0 Å². The Morgan fingerprint density at radius 2 is 1.62 bits per heavy atom. The fourth-order valence-corrected chi connectivity index (χ4v) is 3.28. The molecule has 0 unspecified atom stereocenters. The van der Waals surface area contributed by atoms with Crippen molar-refractivity contribution in [2.45, 2.75) is 38.9 Å². The van der Waals surface area contributed by atoms with Crippen LogP contribution in [0.1, 0.15) is 35.6 Å². The Bertz CT molecular complexity index is 498. The summed E-state index contributed by atoms with van der Waals surface area (Å²) in [6.45, 7) is 6.76. The molecule has 1 aliphatic heterocycles. The van der Waals surface area contributed by atoms with Crippen molar-refractivity contribution in [3.8, 4) is 5.75 Å². The molecule has 1 aromatic rings. The molecule has 0 aliphatic carbocycles. The Morgan fingerprint density at radius 1 is 1.12 bits per heavy atom. The van der Waals surface area contributed by atoms with Crippen LogP contribution in [0.4, 0.5) is 13.2 Å². The van der Waals surface area contributed by atoms with E-state index in [-0.39, 0.29) is 43.0 Å². The van der Waals surface area contributed by atoms with E-state index in [2.05, 4.69) is 10.2 Å². The molecule has 1 atom stereocenters. The monoisotopic (exact) mass is 388 g/mol. The average Bonchev–Trinajstić information content (AvgIpc) is 2.41. The predicted octanol–water partition coefficient (Wildman–Crippen LogP) is 4.14. The van der Waals surface area contributed by atoms with Crippen molar-refractivity contribution in [2.75, 3.05) is 26.2 Å². The fourth-order valence-electron chi connectivity index (χ4n) is 3.28. The van der Waals surface area contributed by atoms with E-state index in [1.807, 2.05) is 13.8 Å². The first kappa shape index (κ1) is 23.3. The topological polar surface area (TPSA) is 35.5 Å². The molecule has 0 aromatic heterocycles. The largest absolute Gasteiger partial charge is 0.508 e. The first-order valence-electron chi connectivity index (χ1n) is 7.59. The lowest BCUT2D eigenvalue weighted by Crippen LogP contribution is -2.45. The minimum absolute atomic E-state index is 0. The van der Waals surface area contributed by atoms with E-state index in [0.717, 1.165) is 42.9 Å². The Balaban J connectivity index is 0.00000264. The summed E-state index contributed by atoms with van der Waals surface area (Å²) in [7, 11) is 0. The second kappa shape index (κ2) is 9.70. The zero-order chi connectivity index (χ0) is 16.3. The summed E-state index contributed by atoms with van der Waals surface area (Å²) in [5, 5.41) is 12.9. The van der Waals surface area contributed by atoms with Crippen molar-refractivity contribution >= 4 is 24.8 Å². The minimum Gasteiger partial charge on any atom is -0.508 e. The van der Waals surface area contributed by atoms with Gasteiger partial charge in [0, 0.05) is 38.6 Å². The van der Waals surface area contributed by atoms with Crippen molar-refractivity contribution in [1.29, 1.82) is 0 Å². The van der Waals surface area contributed by atoms with Crippen molar-refractivity contribution < 1.29 is 18.3 Å². The van der Waals surface area contributed by atoms with Crippen LogP contribution in [0.3, 0.4) is 0 Å². The molecule has 2 rings (SSSR count). The van der Waals surface area contributed by atoms with Gasteiger partial charge in [0.25, 0.3) is 0 Å². The van der Waals surface area contributed by atoms with E-state index in [4.69, 9.17) is 0 Å². The van der Waals surface area contributed by atoms with E-state index < -0.39 is 12.6 Å². The molecule has 0 bridgehead atoms. The molecule has 1 saturated heterocycles. The van der Waals surface area contributed by atoms with Gasteiger partial charge in [0.05, 0.1) is 0 Å². The Hall–Kier alpha value is -0.690. The van der Waals surface area contributed by atoms with Gasteiger partial charge in [-0.1, -0.05) is 0 Å². The first-order valence-corrected chi connectivity index (χ1v) is 7.59. The van der Waals surface area contributed by atoms with Gasteiger partial charge in [-0.3, -0.25) is 4.90 Å². The number of nitrogens with zero attached hydrogens (tertiary/aromatic N) is 1. The molecule has 8 heteroatoms. The molecule has 1 heterocycles. The van der Waals surface area contributed by atoms with Crippen LogP contribution in [0.5, 0.6) is 5.75 Å². The maximum atomic E-state index is 12.7. The molecule has 0 radical (unpaired) electrons. The van der Waals surface area contributed by atoms with Gasteiger partial charge in [0.15, 0.2) is 0 Å². The van der Waals surface area contributed by atoms with Crippen molar-refractivity contribution in [3.63, 3.8) is 0 Å². The summed E-state index contributed by atoms with van der Waals surface area (Å²) in [6, 6.07) is 3.00. The molecule has 24 heavy (non-hydrogen) atoms. The Labute approximate surface area is 153 Å². The maximum absolute atomic E-state index is 12.7. The number of hydrogen-bond acceptors (Lipinski definition) is 3. The standard InChI is InChI=1S/C16H23F3N2O.2ClH/c1-11-9-13(22)10-12(2)15(11)14(3-4-16(17,18)19)21-7-5-20-6-8-21;;/h9-10,14,20,22H,3-8H2,1-2H3;2*1H/t14-;;/m1../s1. The first-order chi connectivity index (χ1) is 10.3. The van der Waals surface area contributed by atoms with Gasteiger partial charge in [0.2, 0.25) is 0 Å². The van der Waals surface area contributed by atoms with Gasteiger partial charge in [-0.05, 0) is 49.1 Å². The van der Waals surface area contributed by atoms with E-state index in [9.17, 15) is 18.3 Å². The van der Waals surface area contributed by atoms with Gasteiger partial charge in [-0.25, -0.2) is 0 Å². The summed E-state index contributed by atoms with van der Waals surface area (Å²) >= 11 is 0. The molecule has 3 nitrogen and oxygen atoms in total. The average molecular weight is 389 g/mol. The highest BCUT2D eigenvalue weighted by Gasteiger charge is 2.32. The normalized spacial score (nSPS) is 16.9. The molecule has 0 amide bonds. The number of halogens is 5. The Kier molecular flexibility index (Phi) is 9.43. The van der Waals surface area contributed by atoms with Gasteiger partial charge >= 0.3 is 6.18 Å². The van der Waals surface area contributed by atoms with Crippen LogP contribution in [0, 0.1) is 13.8 Å². The smallest absolute Gasteiger partial charge is 0.389 e. The molecular formula is C16H25Cl2F3N2O. The van der Waals surface area contributed by atoms with Gasteiger partial charge in [-0.2, -0.15) is 13.2 Å². The van der Waals surface area contributed by atoms with E-state index in [1.165, 1.54) is 0 Å². The number of nitrogens with one attached hydrogen (secondary N) is 1. The number of phenolic OH excluding ortho intramolecular Hbond substituents is 1. The maximum Gasteiger partial charge on any atom is 0.389 e. The number of aromatic hydroxyl groups is 1. The number of alkyl halides is 3. The summed E-state index contributed by atoms with van der Waals surface area (Å²) in [5.41, 5.74) is 2.62. The van der Waals surface area contributed by atoms with Crippen LogP contribution >= 0.6 is 24.8 Å². The van der Waals surface area contributed by atoms with Crippen LogP contribution in [0.2, 0.25) is 0 Å². The summed E-state index contributed by atoms with van der Waals surface area (Å²) in [4.78, 5) is 2.12. The second-order valence-electron chi connectivity index (χ2n) is 5.95. The predicted molar refractivity (Wildman–Crippen MR) is 94.5 cm³/mol. The molecule has 0 saturated carbocycles. The number of phenols is 1. The fraction of sp³-hybridized carbons (Fsp3) is 0.625.